The summed E-state index contributed by atoms with van der Waals surface area (Å²) < 4.78 is 4.89. The van der Waals surface area contributed by atoms with Gasteiger partial charge in [0.2, 0.25) is 5.88 Å². The molecule has 13 heavy (non-hydrogen) atoms. The molecule has 0 bridgehead atoms. The van der Waals surface area contributed by atoms with E-state index in [-0.39, 0.29) is 5.54 Å². The number of nitrogens with zero attached hydrogens (tertiary/aromatic N) is 2. The number of nitrogens with two attached hydrogens (primary N) is 1. The van der Waals surface area contributed by atoms with Crippen molar-refractivity contribution in [2.75, 3.05) is 19.3 Å². The third-order valence-corrected chi connectivity index (χ3v) is 3.08. The smallest absolute Gasteiger partial charge is 0.222 e. The number of nitrogen functional groups attached to an aromatic ring is 1. The van der Waals surface area contributed by atoms with Crippen molar-refractivity contribution in [2.45, 2.75) is 25.3 Å². The second kappa shape index (κ2) is 2.73. The van der Waals surface area contributed by atoms with Gasteiger partial charge in [0.05, 0.1) is 5.54 Å². The van der Waals surface area contributed by atoms with Crippen LogP contribution >= 0.6 is 0 Å². The van der Waals surface area contributed by atoms with Gasteiger partial charge < -0.3 is 10.3 Å². The standard InChI is InChI=1S/C9H15N3O/c1-9(4-3-5-12(9)2)7-6-8(10)13-11-7/h6H,3-5,10H2,1-2H3. The summed E-state index contributed by atoms with van der Waals surface area (Å²) in [7, 11) is 2.11. The van der Waals surface area contributed by atoms with Crippen LogP contribution in [0.2, 0.25) is 0 Å². The van der Waals surface area contributed by atoms with Crippen molar-refractivity contribution in [3.8, 4) is 0 Å². The molecule has 1 atom stereocenters. The Morgan fingerprint density at radius 2 is 2.46 bits per heavy atom. The number of rotatable bonds is 1. The van der Waals surface area contributed by atoms with Crippen LogP contribution in [0.5, 0.6) is 0 Å². The largest absolute Gasteiger partial charge is 0.368 e. The lowest BCUT2D eigenvalue weighted by molar-refractivity contribution is 0.184. The first-order valence-corrected chi connectivity index (χ1v) is 4.57. The monoisotopic (exact) mass is 181 g/mol. The maximum Gasteiger partial charge on any atom is 0.222 e. The van der Waals surface area contributed by atoms with Gasteiger partial charge in [-0.3, -0.25) is 4.90 Å². The Kier molecular flexibility index (Phi) is 1.80. The van der Waals surface area contributed by atoms with E-state index in [0.717, 1.165) is 18.7 Å². The summed E-state index contributed by atoms with van der Waals surface area (Å²) in [5, 5.41) is 3.98. The van der Waals surface area contributed by atoms with Crippen LogP contribution in [0.25, 0.3) is 0 Å². The Morgan fingerprint density at radius 3 is 2.92 bits per heavy atom. The first kappa shape index (κ1) is 8.56. The first-order valence-electron chi connectivity index (χ1n) is 4.57. The Hall–Kier alpha value is -1.03. The molecule has 1 aliphatic rings. The van der Waals surface area contributed by atoms with Gasteiger partial charge in [-0.05, 0) is 33.4 Å². The molecule has 0 aliphatic carbocycles. The van der Waals surface area contributed by atoms with Crippen LogP contribution in [0.15, 0.2) is 10.6 Å². The van der Waals surface area contributed by atoms with Gasteiger partial charge >= 0.3 is 0 Å². The van der Waals surface area contributed by atoms with Crippen LogP contribution in [0.3, 0.4) is 0 Å². The van der Waals surface area contributed by atoms with E-state index in [9.17, 15) is 0 Å². The minimum atomic E-state index is 0.0150. The van der Waals surface area contributed by atoms with Crippen LogP contribution in [-0.4, -0.2) is 23.6 Å². The molecule has 4 nitrogen and oxygen atoms in total. The fourth-order valence-corrected chi connectivity index (χ4v) is 1.96. The maximum atomic E-state index is 5.50. The van der Waals surface area contributed by atoms with E-state index in [4.69, 9.17) is 10.3 Å². The summed E-state index contributed by atoms with van der Waals surface area (Å²) in [4.78, 5) is 2.30. The fourth-order valence-electron chi connectivity index (χ4n) is 1.96. The fraction of sp³-hybridized carbons (Fsp3) is 0.667. The molecule has 0 aromatic carbocycles. The van der Waals surface area contributed by atoms with E-state index < -0.39 is 0 Å². The zero-order valence-corrected chi connectivity index (χ0v) is 8.08. The predicted molar refractivity (Wildman–Crippen MR) is 50.1 cm³/mol. The molecule has 1 fully saturated rings. The van der Waals surface area contributed by atoms with Crippen LogP contribution in [0.1, 0.15) is 25.5 Å². The highest BCUT2D eigenvalue weighted by Gasteiger charge is 2.38. The minimum absolute atomic E-state index is 0.0150. The molecule has 0 spiro atoms. The Balaban J connectivity index is 2.33. The van der Waals surface area contributed by atoms with Crippen molar-refractivity contribution in [3.05, 3.63) is 11.8 Å². The van der Waals surface area contributed by atoms with Gasteiger partial charge in [-0.2, -0.15) is 0 Å². The van der Waals surface area contributed by atoms with Crippen molar-refractivity contribution < 1.29 is 4.52 Å². The molecule has 1 aromatic rings. The highest BCUT2D eigenvalue weighted by Crippen LogP contribution is 2.36. The Labute approximate surface area is 77.7 Å². The molecule has 2 heterocycles. The molecule has 1 aliphatic heterocycles. The highest BCUT2D eigenvalue weighted by molar-refractivity contribution is 5.29. The molecule has 0 amide bonds. The third kappa shape index (κ3) is 1.21. The molecule has 4 heteroatoms. The second-order valence-corrected chi connectivity index (χ2v) is 3.91. The highest BCUT2D eigenvalue weighted by atomic mass is 16.5. The van der Waals surface area contributed by atoms with Gasteiger partial charge in [0.15, 0.2) is 0 Å². The van der Waals surface area contributed by atoms with E-state index in [2.05, 4.69) is 24.0 Å². The molecule has 2 rings (SSSR count). The minimum Gasteiger partial charge on any atom is -0.368 e. The molecule has 1 unspecified atom stereocenters. The van der Waals surface area contributed by atoms with Crippen LogP contribution in [0, 0.1) is 0 Å². The summed E-state index contributed by atoms with van der Waals surface area (Å²) in [5.41, 5.74) is 6.47. The summed E-state index contributed by atoms with van der Waals surface area (Å²) in [6.45, 7) is 3.29. The molecule has 2 N–H and O–H groups in total. The number of aromatic nitrogens is 1. The van der Waals surface area contributed by atoms with Crippen molar-refractivity contribution in [3.63, 3.8) is 0 Å². The Morgan fingerprint density at radius 1 is 1.69 bits per heavy atom. The lowest BCUT2D eigenvalue weighted by atomic mass is 9.95. The summed E-state index contributed by atoms with van der Waals surface area (Å²) >= 11 is 0. The average molecular weight is 181 g/mol. The van der Waals surface area contributed by atoms with Crippen molar-refractivity contribution in [2.24, 2.45) is 0 Å². The molecule has 1 aromatic heterocycles. The lowest BCUT2D eigenvalue weighted by Crippen LogP contribution is -2.35. The first-order chi connectivity index (χ1) is 6.13. The SMILES string of the molecule is CN1CCCC1(C)c1cc(N)on1. The molecule has 0 saturated carbocycles. The quantitative estimate of drug-likeness (QED) is 0.707. The van der Waals surface area contributed by atoms with E-state index in [1.54, 1.807) is 0 Å². The van der Waals surface area contributed by atoms with E-state index in [1.165, 1.54) is 6.42 Å². The molecular weight excluding hydrogens is 166 g/mol. The Bertz CT molecular complexity index is 310. The molecule has 0 radical (unpaired) electrons. The summed E-state index contributed by atoms with van der Waals surface area (Å²) in [6, 6.07) is 1.82. The number of hydrogen-bond acceptors (Lipinski definition) is 4. The van der Waals surface area contributed by atoms with E-state index in [1.807, 2.05) is 6.07 Å². The van der Waals surface area contributed by atoms with Gasteiger partial charge in [-0.15, -0.1) is 0 Å². The molecule has 72 valence electrons. The summed E-state index contributed by atoms with van der Waals surface area (Å²) in [5.74, 6) is 0.400. The number of anilines is 1. The maximum absolute atomic E-state index is 5.50. The zero-order valence-electron chi connectivity index (χ0n) is 8.08. The van der Waals surface area contributed by atoms with Gasteiger partial charge in [0.25, 0.3) is 0 Å². The van der Waals surface area contributed by atoms with Crippen molar-refractivity contribution in [1.82, 2.24) is 10.1 Å². The second-order valence-electron chi connectivity index (χ2n) is 3.91. The lowest BCUT2D eigenvalue weighted by Gasteiger charge is -2.29. The topological polar surface area (TPSA) is 55.3 Å². The number of likely N-dealkylation sites (tertiary alicyclic amines) is 1. The van der Waals surface area contributed by atoms with Gasteiger partial charge in [0, 0.05) is 6.07 Å². The van der Waals surface area contributed by atoms with Crippen molar-refractivity contribution in [1.29, 1.82) is 0 Å². The normalized spacial score (nSPS) is 29.7. The molecular formula is C9H15N3O. The zero-order chi connectivity index (χ0) is 9.47. The van der Waals surface area contributed by atoms with Gasteiger partial charge in [0.1, 0.15) is 5.69 Å². The average Bonchev–Trinajstić information content (AvgIpc) is 2.62. The van der Waals surface area contributed by atoms with Gasteiger partial charge in [-0.1, -0.05) is 5.16 Å². The van der Waals surface area contributed by atoms with Crippen LogP contribution in [0.4, 0.5) is 5.88 Å². The van der Waals surface area contributed by atoms with Gasteiger partial charge in [-0.25, -0.2) is 0 Å². The third-order valence-electron chi connectivity index (χ3n) is 3.08. The number of hydrogen-bond donors (Lipinski definition) is 1. The molecule has 1 saturated heterocycles. The van der Waals surface area contributed by atoms with Crippen LogP contribution in [-0.2, 0) is 5.54 Å². The van der Waals surface area contributed by atoms with E-state index in [0.29, 0.717) is 5.88 Å². The van der Waals surface area contributed by atoms with Crippen LogP contribution < -0.4 is 5.73 Å². The summed E-state index contributed by atoms with van der Waals surface area (Å²) in [6.07, 6.45) is 2.33. The van der Waals surface area contributed by atoms with Crippen molar-refractivity contribution >= 4 is 5.88 Å². The predicted octanol–water partition coefficient (Wildman–Crippen LogP) is 1.20. The van der Waals surface area contributed by atoms with E-state index >= 15 is 0 Å².